The van der Waals surface area contributed by atoms with Crippen LogP contribution < -0.4 is 5.56 Å². The highest BCUT2D eigenvalue weighted by atomic mass is 19.2. The maximum atomic E-state index is 13.0. The van der Waals surface area contributed by atoms with Gasteiger partial charge in [0.2, 0.25) is 5.82 Å². The molecule has 18 heavy (non-hydrogen) atoms. The molecule has 1 N–H and O–H groups in total. The molecule has 0 saturated heterocycles. The predicted octanol–water partition coefficient (Wildman–Crippen LogP) is 1.38. The van der Waals surface area contributed by atoms with Gasteiger partial charge >= 0.3 is 5.97 Å². The van der Waals surface area contributed by atoms with Crippen molar-refractivity contribution in [1.29, 1.82) is 0 Å². The second kappa shape index (κ2) is 4.52. The summed E-state index contributed by atoms with van der Waals surface area (Å²) in [6.07, 6.45) is 0. The number of fused-ring (bicyclic) bond motifs is 1. The van der Waals surface area contributed by atoms with Crippen molar-refractivity contribution in [3.8, 4) is 0 Å². The summed E-state index contributed by atoms with van der Waals surface area (Å²) < 4.78 is 30.6. The normalized spacial score (nSPS) is 10.6. The van der Waals surface area contributed by atoms with Crippen LogP contribution in [-0.4, -0.2) is 22.5 Å². The van der Waals surface area contributed by atoms with Crippen molar-refractivity contribution < 1.29 is 18.3 Å². The lowest BCUT2D eigenvalue weighted by Gasteiger charge is -2.03. The first-order valence-electron chi connectivity index (χ1n) is 5.09. The van der Waals surface area contributed by atoms with E-state index in [0.29, 0.717) is 0 Å². The molecule has 1 heterocycles. The number of carbonyl (C=O) groups is 1. The highest BCUT2D eigenvalue weighted by molar-refractivity contribution is 5.88. The molecule has 2 aromatic rings. The summed E-state index contributed by atoms with van der Waals surface area (Å²) in [7, 11) is 0. The van der Waals surface area contributed by atoms with Gasteiger partial charge in [0.1, 0.15) is 0 Å². The van der Waals surface area contributed by atoms with Crippen LogP contribution in [0.15, 0.2) is 16.9 Å². The molecule has 0 fully saturated rings. The van der Waals surface area contributed by atoms with Crippen LogP contribution in [0.25, 0.3) is 10.9 Å². The van der Waals surface area contributed by atoms with Gasteiger partial charge in [-0.25, -0.2) is 18.6 Å². The summed E-state index contributed by atoms with van der Waals surface area (Å²) in [5, 5.41) is -0.137. The molecule has 0 radical (unpaired) electrons. The standard InChI is InChI=1S/C11H8F2N2O3/c1-2-18-11(17)9-14-8-4-7(13)6(12)3-5(8)10(16)15-9/h3-4H,2H2,1H3,(H,14,15,16). The minimum absolute atomic E-state index is 0.109. The van der Waals surface area contributed by atoms with Crippen LogP contribution in [0.5, 0.6) is 0 Å². The fourth-order valence-corrected chi connectivity index (χ4v) is 1.43. The first-order valence-corrected chi connectivity index (χ1v) is 5.09. The van der Waals surface area contributed by atoms with Crippen molar-refractivity contribution in [3.63, 3.8) is 0 Å². The fraction of sp³-hybridized carbons (Fsp3) is 0.182. The Hall–Kier alpha value is -2.31. The van der Waals surface area contributed by atoms with E-state index in [9.17, 15) is 18.4 Å². The van der Waals surface area contributed by atoms with E-state index in [4.69, 9.17) is 0 Å². The molecule has 0 amide bonds. The van der Waals surface area contributed by atoms with Crippen molar-refractivity contribution in [3.05, 3.63) is 39.9 Å². The number of H-pyrrole nitrogens is 1. The van der Waals surface area contributed by atoms with E-state index < -0.39 is 23.2 Å². The van der Waals surface area contributed by atoms with E-state index in [1.165, 1.54) is 0 Å². The Morgan fingerprint density at radius 2 is 2.06 bits per heavy atom. The van der Waals surface area contributed by atoms with Crippen LogP contribution in [0.4, 0.5) is 8.78 Å². The summed E-state index contributed by atoms with van der Waals surface area (Å²) in [5.74, 6) is -3.48. The molecular weight excluding hydrogens is 246 g/mol. The SMILES string of the molecule is CCOC(=O)c1nc2cc(F)c(F)cc2c(=O)[nH]1. The van der Waals surface area contributed by atoms with Gasteiger partial charge in [-0.3, -0.25) is 4.79 Å². The zero-order valence-electron chi connectivity index (χ0n) is 9.29. The molecule has 2 rings (SSSR count). The van der Waals surface area contributed by atoms with Gasteiger partial charge in [0.15, 0.2) is 11.6 Å². The zero-order chi connectivity index (χ0) is 13.3. The van der Waals surface area contributed by atoms with Gasteiger partial charge in [0.25, 0.3) is 5.56 Å². The molecule has 0 bridgehead atoms. The van der Waals surface area contributed by atoms with E-state index in [1.807, 2.05) is 0 Å². The number of nitrogens with zero attached hydrogens (tertiary/aromatic N) is 1. The first-order chi connectivity index (χ1) is 8.52. The molecule has 0 aliphatic carbocycles. The summed E-state index contributed by atoms with van der Waals surface area (Å²) in [6, 6.07) is 1.48. The van der Waals surface area contributed by atoms with Crippen LogP contribution in [0.1, 0.15) is 17.5 Å². The highest BCUT2D eigenvalue weighted by Gasteiger charge is 2.14. The Morgan fingerprint density at radius 1 is 1.39 bits per heavy atom. The second-order valence-corrected chi connectivity index (χ2v) is 3.42. The Bertz CT molecular complexity index is 682. The number of nitrogens with one attached hydrogen (secondary N) is 1. The van der Waals surface area contributed by atoms with Crippen molar-refractivity contribution >= 4 is 16.9 Å². The molecule has 0 atom stereocenters. The van der Waals surface area contributed by atoms with E-state index in [0.717, 1.165) is 12.1 Å². The Kier molecular flexibility index (Phi) is 3.05. The number of hydrogen-bond donors (Lipinski definition) is 1. The number of rotatable bonds is 2. The molecule has 7 heteroatoms. The third-order valence-electron chi connectivity index (χ3n) is 2.22. The average molecular weight is 254 g/mol. The maximum absolute atomic E-state index is 13.0. The van der Waals surface area contributed by atoms with Crippen LogP contribution in [0.2, 0.25) is 0 Å². The first kappa shape index (κ1) is 12.2. The predicted molar refractivity (Wildman–Crippen MR) is 58.2 cm³/mol. The number of esters is 1. The number of halogens is 2. The third kappa shape index (κ3) is 2.06. The summed E-state index contributed by atoms with van der Waals surface area (Å²) >= 11 is 0. The van der Waals surface area contributed by atoms with Gasteiger partial charge in [-0.05, 0) is 13.0 Å². The minimum Gasteiger partial charge on any atom is -0.460 e. The number of aromatic nitrogens is 2. The van der Waals surface area contributed by atoms with Crippen LogP contribution in [0, 0.1) is 11.6 Å². The average Bonchev–Trinajstić information content (AvgIpc) is 2.32. The van der Waals surface area contributed by atoms with Gasteiger partial charge in [-0.2, -0.15) is 0 Å². The van der Waals surface area contributed by atoms with Crippen molar-refractivity contribution in [1.82, 2.24) is 9.97 Å². The van der Waals surface area contributed by atoms with Crippen LogP contribution in [-0.2, 0) is 4.74 Å². The lowest BCUT2D eigenvalue weighted by molar-refractivity contribution is 0.0512. The van der Waals surface area contributed by atoms with E-state index in [1.54, 1.807) is 6.92 Å². The van der Waals surface area contributed by atoms with E-state index in [2.05, 4.69) is 14.7 Å². The van der Waals surface area contributed by atoms with Crippen LogP contribution >= 0.6 is 0 Å². The lowest BCUT2D eigenvalue weighted by Crippen LogP contribution is -2.18. The largest absolute Gasteiger partial charge is 0.460 e. The molecule has 0 unspecified atom stereocenters. The quantitative estimate of drug-likeness (QED) is 0.822. The topological polar surface area (TPSA) is 72.0 Å². The summed E-state index contributed by atoms with van der Waals surface area (Å²) in [4.78, 5) is 28.8. The van der Waals surface area contributed by atoms with E-state index in [-0.39, 0.29) is 23.3 Å². The Morgan fingerprint density at radius 3 is 2.72 bits per heavy atom. The van der Waals surface area contributed by atoms with Gasteiger partial charge in [-0.15, -0.1) is 0 Å². The number of aromatic amines is 1. The summed E-state index contributed by atoms with van der Waals surface area (Å²) in [6.45, 7) is 1.70. The maximum Gasteiger partial charge on any atom is 0.374 e. The Labute approximate surface area is 99.4 Å². The monoisotopic (exact) mass is 254 g/mol. The van der Waals surface area contributed by atoms with Crippen molar-refractivity contribution in [2.24, 2.45) is 0 Å². The van der Waals surface area contributed by atoms with Crippen molar-refractivity contribution in [2.75, 3.05) is 6.61 Å². The molecule has 0 aliphatic rings. The number of carbonyl (C=O) groups excluding carboxylic acids is 1. The van der Waals surface area contributed by atoms with Crippen LogP contribution in [0.3, 0.4) is 0 Å². The molecular formula is C11H8F2N2O3. The number of hydrogen-bond acceptors (Lipinski definition) is 4. The zero-order valence-corrected chi connectivity index (χ0v) is 9.29. The highest BCUT2D eigenvalue weighted by Crippen LogP contribution is 2.13. The van der Waals surface area contributed by atoms with Gasteiger partial charge in [0.05, 0.1) is 17.5 Å². The molecule has 5 nitrogen and oxygen atoms in total. The smallest absolute Gasteiger partial charge is 0.374 e. The third-order valence-corrected chi connectivity index (χ3v) is 2.22. The van der Waals surface area contributed by atoms with E-state index >= 15 is 0 Å². The fourth-order valence-electron chi connectivity index (χ4n) is 1.43. The molecule has 94 valence electrons. The molecule has 1 aromatic heterocycles. The van der Waals surface area contributed by atoms with Gasteiger partial charge in [0, 0.05) is 6.07 Å². The lowest BCUT2D eigenvalue weighted by atomic mass is 10.2. The number of ether oxygens (including phenoxy) is 1. The molecule has 0 spiro atoms. The van der Waals surface area contributed by atoms with Gasteiger partial charge < -0.3 is 9.72 Å². The number of benzene rings is 1. The van der Waals surface area contributed by atoms with Gasteiger partial charge in [-0.1, -0.05) is 0 Å². The summed E-state index contributed by atoms with van der Waals surface area (Å²) in [5.41, 5.74) is -0.845. The molecule has 0 aliphatic heterocycles. The molecule has 0 saturated carbocycles. The van der Waals surface area contributed by atoms with Crippen molar-refractivity contribution in [2.45, 2.75) is 6.92 Å². The Balaban J connectivity index is 2.65. The molecule has 1 aromatic carbocycles. The second-order valence-electron chi connectivity index (χ2n) is 3.42. The minimum atomic E-state index is -1.15.